The number of nitrogens with zero attached hydrogens (tertiary/aromatic N) is 1. The molecule has 0 aromatic heterocycles. The Labute approximate surface area is 161 Å². The molecular formula is C20H20INO3. The largest absolute Gasteiger partial charge is 0.375 e. The zero-order valence-corrected chi connectivity index (χ0v) is 16.2. The molecule has 1 atom stereocenters. The number of anilines is 1. The van der Waals surface area contributed by atoms with Gasteiger partial charge in [-0.25, -0.2) is 0 Å². The molecular weight excluding hydrogens is 429 g/mol. The lowest BCUT2D eigenvalue weighted by Crippen LogP contribution is -2.42. The number of benzene rings is 2. The number of hydrogen-bond donors (Lipinski definition) is 1. The van der Waals surface area contributed by atoms with Gasteiger partial charge in [-0.2, -0.15) is 0 Å². The third-order valence-electron chi connectivity index (χ3n) is 4.56. The van der Waals surface area contributed by atoms with E-state index >= 15 is 0 Å². The normalized spacial score (nSPS) is 19.2. The first-order valence-corrected chi connectivity index (χ1v) is 9.48. The molecule has 0 saturated heterocycles. The summed E-state index contributed by atoms with van der Waals surface area (Å²) in [6.45, 7) is 2.60. The fraction of sp³-hybridized carbons (Fsp3) is 0.300. The van der Waals surface area contributed by atoms with Gasteiger partial charge in [0.15, 0.2) is 11.4 Å². The smallest absolute Gasteiger partial charge is 0.264 e. The van der Waals surface area contributed by atoms with Crippen LogP contribution < -0.4 is 4.90 Å². The maximum Gasteiger partial charge on any atom is 0.264 e. The van der Waals surface area contributed by atoms with Crippen LogP contribution in [0.4, 0.5) is 5.69 Å². The third kappa shape index (κ3) is 3.35. The van der Waals surface area contributed by atoms with Crippen LogP contribution in [0.3, 0.4) is 0 Å². The van der Waals surface area contributed by atoms with E-state index in [1.807, 2.05) is 24.3 Å². The summed E-state index contributed by atoms with van der Waals surface area (Å²) in [5.41, 5.74) is -0.0512. The highest BCUT2D eigenvalue weighted by molar-refractivity contribution is 14.1. The van der Waals surface area contributed by atoms with Crippen LogP contribution in [0.2, 0.25) is 0 Å². The average Bonchev–Trinajstić information content (AvgIpc) is 2.82. The molecule has 0 saturated carbocycles. The molecule has 25 heavy (non-hydrogen) atoms. The molecule has 0 unspecified atom stereocenters. The Morgan fingerprint density at radius 1 is 1.16 bits per heavy atom. The number of rotatable bonds is 6. The van der Waals surface area contributed by atoms with Gasteiger partial charge >= 0.3 is 0 Å². The van der Waals surface area contributed by atoms with Crippen molar-refractivity contribution in [2.45, 2.75) is 31.8 Å². The predicted molar refractivity (Wildman–Crippen MR) is 106 cm³/mol. The van der Waals surface area contributed by atoms with Crippen LogP contribution in [-0.2, 0) is 10.4 Å². The lowest BCUT2D eigenvalue weighted by molar-refractivity contribution is -0.135. The average molecular weight is 449 g/mol. The molecule has 1 heterocycles. The molecule has 1 N–H and O–H groups in total. The fourth-order valence-electron chi connectivity index (χ4n) is 3.19. The van der Waals surface area contributed by atoms with E-state index in [2.05, 4.69) is 29.5 Å². The summed E-state index contributed by atoms with van der Waals surface area (Å²) in [6.07, 6.45) is 1.55. The number of halogens is 1. The summed E-state index contributed by atoms with van der Waals surface area (Å²) >= 11 is 2.17. The first-order valence-electron chi connectivity index (χ1n) is 8.40. The highest BCUT2D eigenvalue weighted by Gasteiger charge is 2.50. The van der Waals surface area contributed by atoms with E-state index in [0.717, 1.165) is 16.4 Å². The number of amides is 1. The van der Waals surface area contributed by atoms with Gasteiger partial charge in [0.1, 0.15) is 0 Å². The van der Waals surface area contributed by atoms with Gasteiger partial charge in [0, 0.05) is 21.2 Å². The molecule has 3 rings (SSSR count). The molecule has 2 aromatic rings. The van der Waals surface area contributed by atoms with E-state index in [-0.39, 0.29) is 12.2 Å². The summed E-state index contributed by atoms with van der Waals surface area (Å²) in [6, 6.07) is 14.3. The number of carbonyl (C=O) groups is 2. The Morgan fingerprint density at radius 2 is 1.84 bits per heavy atom. The minimum absolute atomic E-state index is 0.237. The third-order valence-corrected chi connectivity index (χ3v) is 5.28. The van der Waals surface area contributed by atoms with Gasteiger partial charge in [0.05, 0.1) is 12.1 Å². The molecule has 4 nitrogen and oxygen atoms in total. The van der Waals surface area contributed by atoms with Crippen molar-refractivity contribution in [1.82, 2.24) is 0 Å². The number of ketones is 1. The second kappa shape index (κ2) is 7.25. The van der Waals surface area contributed by atoms with Crippen LogP contribution in [0.1, 0.15) is 42.1 Å². The molecule has 0 fully saturated rings. The zero-order valence-electron chi connectivity index (χ0n) is 14.0. The van der Waals surface area contributed by atoms with Gasteiger partial charge in [0.25, 0.3) is 5.91 Å². The summed E-state index contributed by atoms with van der Waals surface area (Å²) < 4.78 is 1.03. The summed E-state index contributed by atoms with van der Waals surface area (Å²) in [7, 11) is 0. The van der Waals surface area contributed by atoms with Gasteiger partial charge in [0.2, 0.25) is 0 Å². The Hall–Kier alpha value is -1.73. The van der Waals surface area contributed by atoms with Crippen molar-refractivity contribution in [2.24, 2.45) is 0 Å². The number of para-hydroxylation sites is 1. The quantitative estimate of drug-likeness (QED) is 0.538. The van der Waals surface area contributed by atoms with Gasteiger partial charge in [-0.3, -0.25) is 9.59 Å². The second-order valence-corrected chi connectivity index (χ2v) is 7.54. The molecule has 0 aliphatic carbocycles. The van der Waals surface area contributed by atoms with Crippen LogP contribution in [0.5, 0.6) is 0 Å². The molecule has 0 bridgehead atoms. The van der Waals surface area contributed by atoms with Crippen molar-refractivity contribution in [3.05, 3.63) is 63.2 Å². The van der Waals surface area contributed by atoms with E-state index in [1.165, 1.54) is 0 Å². The van der Waals surface area contributed by atoms with Crippen molar-refractivity contribution < 1.29 is 14.7 Å². The molecule has 2 aromatic carbocycles. The summed E-state index contributed by atoms with van der Waals surface area (Å²) in [4.78, 5) is 27.2. The lowest BCUT2D eigenvalue weighted by Gasteiger charge is -2.22. The monoisotopic (exact) mass is 449 g/mol. The molecule has 1 aliphatic heterocycles. The second-order valence-electron chi connectivity index (χ2n) is 6.29. The standard InChI is InChI=1S/C20H20INO3/c1-2-3-12-22-17-7-5-4-6-16(17)20(25,19(22)24)13-18(23)14-8-10-15(21)11-9-14/h4-11,25H,2-3,12-13H2,1H3/t20-/m1/s1. The van der Waals surface area contributed by atoms with E-state index in [0.29, 0.717) is 23.4 Å². The van der Waals surface area contributed by atoms with Gasteiger partial charge in [-0.1, -0.05) is 43.7 Å². The van der Waals surface area contributed by atoms with Crippen molar-refractivity contribution in [3.63, 3.8) is 0 Å². The number of hydrogen-bond acceptors (Lipinski definition) is 3. The van der Waals surface area contributed by atoms with Crippen molar-refractivity contribution >= 4 is 40.0 Å². The molecule has 0 radical (unpaired) electrons. The maximum absolute atomic E-state index is 12.9. The van der Waals surface area contributed by atoms with Crippen molar-refractivity contribution in [3.8, 4) is 0 Å². The van der Waals surface area contributed by atoms with Crippen molar-refractivity contribution in [1.29, 1.82) is 0 Å². The van der Waals surface area contributed by atoms with E-state index in [9.17, 15) is 14.7 Å². The van der Waals surface area contributed by atoms with E-state index in [1.54, 1.807) is 29.2 Å². The minimum atomic E-state index is -1.79. The minimum Gasteiger partial charge on any atom is -0.375 e. The van der Waals surface area contributed by atoms with Crippen molar-refractivity contribution in [2.75, 3.05) is 11.4 Å². The maximum atomic E-state index is 12.9. The zero-order chi connectivity index (χ0) is 18.0. The Balaban J connectivity index is 1.92. The predicted octanol–water partition coefficient (Wildman–Crippen LogP) is 3.90. The topological polar surface area (TPSA) is 57.6 Å². The Kier molecular flexibility index (Phi) is 5.24. The number of unbranched alkanes of at least 4 members (excludes halogenated alkanes) is 1. The van der Waals surface area contributed by atoms with E-state index < -0.39 is 11.5 Å². The molecule has 130 valence electrons. The SMILES string of the molecule is CCCCN1C(=O)[C@@](O)(CC(=O)c2ccc(I)cc2)c2ccccc21. The Bertz CT molecular complexity index is 803. The molecule has 5 heteroatoms. The number of Topliss-reactive ketones (excluding diaryl/α,β-unsaturated/α-hetero) is 1. The number of carbonyl (C=O) groups excluding carboxylic acids is 2. The number of fused-ring (bicyclic) bond motifs is 1. The summed E-state index contributed by atoms with van der Waals surface area (Å²) in [5, 5.41) is 11.2. The van der Waals surface area contributed by atoms with Crippen LogP contribution in [0, 0.1) is 3.57 Å². The van der Waals surface area contributed by atoms with Crippen LogP contribution in [-0.4, -0.2) is 23.3 Å². The first kappa shape index (κ1) is 18.1. The lowest BCUT2D eigenvalue weighted by atomic mass is 9.88. The highest BCUT2D eigenvalue weighted by atomic mass is 127. The van der Waals surface area contributed by atoms with Crippen LogP contribution >= 0.6 is 22.6 Å². The number of aliphatic hydroxyl groups is 1. The fourth-order valence-corrected chi connectivity index (χ4v) is 3.55. The first-order chi connectivity index (χ1) is 12.0. The van der Waals surface area contributed by atoms with E-state index in [4.69, 9.17) is 0 Å². The highest BCUT2D eigenvalue weighted by Crippen LogP contribution is 2.42. The van der Waals surface area contributed by atoms with Gasteiger partial charge < -0.3 is 10.0 Å². The van der Waals surface area contributed by atoms with Gasteiger partial charge in [-0.15, -0.1) is 0 Å². The molecule has 1 aliphatic rings. The van der Waals surface area contributed by atoms with Crippen LogP contribution in [0.15, 0.2) is 48.5 Å². The molecule has 1 amide bonds. The molecule has 0 spiro atoms. The van der Waals surface area contributed by atoms with Crippen LogP contribution in [0.25, 0.3) is 0 Å². The van der Waals surface area contributed by atoms with Gasteiger partial charge in [-0.05, 0) is 47.2 Å². The summed E-state index contributed by atoms with van der Waals surface area (Å²) in [5.74, 6) is -0.639. The Morgan fingerprint density at radius 3 is 2.52 bits per heavy atom.